The van der Waals surface area contributed by atoms with E-state index in [0.717, 1.165) is 6.92 Å². The summed E-state index contributed by atoms with van der Waals surface area (Å²) < 4.78 is 37.6. The van der Waals surface area contributed by atoms with Gasteiger partial charge in [0.1, 0.15) is 0 Å². The quantitative estimate of drug-likeness (QED) is 0.423. The molecule has 0 amide bonds. The minimum atomic E-state index is -4.42. The van der Waals surface area contributed by atoms with Gasteiger partial charge in [-0.1, -0.05) is 0 Å². The fourth-order valence-corrected chi connectivity index (χ4v) is 0.207. The monoisotopic (exact) mass is 154 g/mol. The predicted molar refractivity (Wildman–Crippen MR) is 27.0 cm³/mol. The molecule has 0 aromatic carbocycles. The lowest BCUT2D eigenvalue weighted by Gasteiger charge is -1.96. The van der Waals surface area contributed by atoms with E-state index in [1.165, 1.54) is 0 Å². The standard InChI is InChI=1S/C5H5F3O2/c1-4(9)10-3-2-5(6,7)8/h2-3H,1H3/b3-2+. The minimum absolute atomic E-state index is 0.158. The topological polar surface area (TPSA) is 26.3 Å². The van der Waals surface area contributed by atoms with Crippen LogP contribution in [-0.4, -0.2) is 12.1 Å². The molecule has 0 aliphatic heterocycles. The molecule has 0 saturated carbocycles. The molecule has 10 heavy (non-hydrogen) atoms. The average Bonchev–Trinajstić information content (AvgIpc) is 1.59. The Hall–Kier alpha value is -1.00. The molecule has 0 N–H and O–H groups in total. The lowest BCUT2D eigenvalue weighted by Crippen LogP contribution is -2.01. The fourth-order valence-electron chi connectivity index (χ4n) is 0.207. The van der Waals surface area contributed by atoms with Crippen LogP contribution in [0.1, 0.15) is 6.92 Å². The van der Waals surface area contributed by atoms with Crippen molar-refractivity contribution in [2.75, 3.05) is 0 Å². The van der Waals surface area contributed by atoms with E-state index in [1.807, 2.05) is 0 Å². The second-order valence-corrected chi connectivity index (χ2v) is 1.45. The normalized spacial score (nSPS) is 12.0. The molecule has 0 saturated heterocycles. The zero-order valence-electron chi connectivity index (χ0n) is 5.11. The zero-order chi connectivity index (χ0) is 8.20. The molecule has 5 heteroatoms. The Balaban J connectivity index is 3.67. The third-order valence-electron chi connectivity index (χ3n) is 0.491. The van der Waals surface area contributed by atoms with Crippen LogP contribution in [0.15, 0.2) is 12.3 Å². The molecule has 0 rings (SSSR count). The van der Waals surface area contributed by atoms with E-state index in [0.29, 0.717) is 6.26 Å². The highest BCUT2D eigenvalue weighted by molar-refractivity contribution is 5.66. The van der Waals surface area contributed by atoms with Gasteiger partial charge in [-0.25, -0.2) is 0 Å². The third kappa shape index (κ3) is 7.00. The van der Waals surface area contributed by atoms with Crippen molar-refractivity contribution in [2.24, 2.45) is 0 Å². The van der Waals surface area contributed by atoms with Gasteiger partial charge in [-0.15, -0.1) is 0 Å². The minimum Gasteiger partial charge on any atom is -0.435 e. The van der Waals surface area contributed by atoms with E-state index in [2.05, 4.69) is 4.74 Å². The molecule has 0 aliphatic carbocycles. The summed E-state index contributed by atoms with van der Waals surface area (Å²) in [5, 5.41) is 0. The Morgan fingerprint density at radius 3 is 2.30 bits per heavy atom. The fraction of sp³-hybridized carbons (Fsp3) is 0.400. The van der Waals surface area contributed by atoms with E-state index >= 15 is 0 Å². The van der Waals surface area contributed by atoms with Gasteiger partial charge in [0, 0.05) is 6.92 Å². The van der Waals surface area contributed by atoms with Crippen LogP contribution < -0.4 is 0 Å². The highest BCUT2D eigenvalue weighted by Gasteiger charge is 2.22. The summed E-state index contributed by atoms with van der Waals surface area (Å²) in [5.41, 5.74) is 0. The SMILES string of the molecule is CC(=O)O/C=C/C(F)(F)F. The Morgan fingerprint density at radius 2 is 2.00 bits per heavy atom. The van der Waals surface area contributed by atoms with E-state index in [4.69, 9.17) is 0 Å². The number of ether oxygens (including phenoxy) is 1. The van der Waals surface area contributed by atoms with E-state index in [-0.39, 0.29) is 6.08 Å². The van der Waals surface area contributed by atoms with Gasteiger partial charge in [0.2, 0.25) is 0 Å². The Kier molecular flexibility index (Phi) is 2.92. The summed E-state index contributed by atoms with van der Waals surface area (Å²) in [7, 11) is 0. The number of carbonyl (C=O) groups excluding carboxylic acids is 1. The molecule has 0 spiro atoms. The summed E-state index contributed by atoms with van der Waals surface area (Å²) in [5.74, 6) is -0.777. The van der Waals surface area contributed by atoms with Gasteiger partial charge < -0.3 is 4.74 Å². The molecule has 0 bridgehead atoms. The van der Waals surface area contributed by atoms with Crippen LogP contribution in [0, 0.1) is 0 Å². The van der Waals surface area contributed by atoms with Crippen molar-refractivity contribution in [2.45, 2.75) is 13.1 Å². The Morgan fingerprint density at radius 1 is 1.50 bits per heavy atom. The van der Waals surface area contributed by atoms with Crippen molar-refractivity contribution < 1.29 is 22.7 Å². The van der Waals surface area contributed by atoms with Gasteiger partial charge in [0.15, 0.2) is 0 Å². The number of hydrogen-bond acceptors (Lipinski definition) is 2. The van der Waals surface area contributed by atoms with Crippen LogP contribution in [0.5, 0.6) is 0 Å². The molecule has 0 fully saturated rings. The number of rotatable bonds is 1. The van der Waals surface area contributed by atoms with Crippen molar-refractivity contribution in [3.8, 4) is 0 Å². The smallest absolute Gasteiger partial charge is 0.412 e. The largest absolute Gasteiger partial charge is 0.435 e. The zero-order valence-corrected chi connectivity index (χ0v) is 5.11. The van der Waals surface area contributed by atoms with Gasteiger partial charge in [-0.3, -0.25) is 4.79 Å². The lowest BCUT2D eigenvalue weighted by molar-refractivity contribution is -0.135. The maximum atomic E-state index is 11.2. The number of halogens is 3. The van der Waals surface area contributed by atoms with Crippen molar-refractivity contribution in [1.29, 1.82) is 0 Å². The van der Waals surface area contributed by atoms with Crippen molar-refractivity contribution >= 4 is 5.97 Å². The second kappa shape index (κ2) is 3.24. The Bertz CT molecular complexity index is 147. The van der Waals surface area contributed by atoms with Gasteiger partial charge in [0.05, 0.1) is 12.3 Å². The van der Waals surface area contributed by atoms with Gasteiger partial charge in [-0.05, 0) is 0 Å². The van der Waals surface area contributed by atoms with Crippen molar-refractivity contribution in [3.63, 3.8) is 0 Å². The van der Waals surface area contributed by atoms with E-state index in [1.54, 1.807) is 0 Å². The maximum Gasteiger partial charge on any atom is 0.412 e. The van der Waals surface area contributed by atoms with Gasteiger partial charge >= 0.3 is 12.1 Å². The first-order valence-electron chi connectivity index (χ1n) is 2.33. The highest BCUT2D eigenvalue weighted by Crippen LogP contribution is 2.15. The first-order chi connectivity index (χ1) is 4.42. The Labute approximate surface area is 55.3 Å². The number of allylic oxidation sites excluding steroid dienone is 1. The van der Waals surface area contributed by atoms with Crippen LogP contribution in [0.2, 0.25) is 0 Å². The molecule has 0 atom stereocenters. The number of hydrogen-bond donors (Lipinski definition) is 0. The number of alkyl halides is 3. The number of esters is 1. The summed E-state index contributed by atoms with van der Waals surface area (Å²) in [6.07, 6.45) is -4.27. The molecule has 0 heterocycles. The highest BCUT2D eigenvalue weighted by atomic mass is 19.4. The van der Waals surface area contributed by atoms with Crippen LogP contribution in [0.4, 0.5) is 13.2 Å². The predicted octanol–water partition coefficient (Wildman–Crippen LogP) is 1.63. The summed E-state index contributed by atoms with van der Waals surface area (Å²) in [6.45, 7) is 1.01. The van der Waals surface area contributed by atoms with Crippen molar-refractivity contribution in [1.82, 2.24) is 0 Å². The molecular formula is C5H5F3O2. The average molecular weight is 154 g/mol. The molecule has 0 unspecified atom stereocenters. The summed E-state index contributed by atoms with van der Waals surface area (Å²) >= 11 is 0. The number of carbonyl (C=O) groups is 1. The van der Waals surface area contributed by atoms with Gasteiger partial charge in [0.25, 0.3) is 0 Å². The molecule has 0 radical (unpaired) electrons. The third-order valence-corrected chi connectivity index (χ3v) is 0.491. The molecule has 0 aromatic rings. The van der Waals surface area contributed by atoms with Crippen LogP contribution >= 0.6 is 0 Å². The summed E-state index contributed by atoms with van der Waals surface area (Å²) in [4.78, 5) is 9.89. The molecular weight excluding hydrogens is 149 g/mol. The maximum absolute atomic E-state index is 11.2. The van der Waals surface area contributed by atoms with E-state index < -0.39 is 12.1 Å². The second-order valence-electron chi connectivity index (χ2n) is 1.45. The molecule has 2 nitrogen and oxygen atoms in total. The summed E-state index contributed by atoms with van der Waals surface area (Å²) in [6, 6.07) is 0. The molecule has 0 aliphatic rings. The first-order valence-corrected chi connectivity index (χ1v) is 2.33. The molecule has 0 aromatic heterocycles. The molecule has 58 valence electrons. The van der Waals surface area contributed by atoms with E-state index in [9.17, 15) is 18.0 Å². The van der Waals surface area contributed by atoms with Crippen LogP contribution in [0.25, 0.3) is 0 Å². The van der Waals surface area contributed by atoms with Gasteiger partial charge in [-0.2, -0.15) is 13.2 Å². The van der Waals surface area contributed by atoms with Crippen molar-refractivity contribution in [3.05, 3.63) is 12.3 Å². The van der Waals surface area contributed by atoms with Crippen LogP contribution in [0.3, 0.4) is 0 Å². The first kappa shape index (κ1) is 9.00. The van der Waals surface area contributed by atoms with Crippen LogP contribution in [-0.2, 0) is 9.53 Å². The lowest BCUT2D eigenvalue weighted by atomic mass is 10.6.